The number of hydrogen-bond acceptors (Lipinski definition) is 2. The Kier molecular flexibility index (Phi) is 3.88. The molecule has 1 N–H and O–H groups in total. The van der Waals surface area contributed by atoms with Crippen molar-refractivity contribution in [3.05, 3.63) is 35.1 Å². The largest absolute Gasteiger partial charge is 0.389 e. The van der Waals surface area contributed by atoms with Gasteiger partial charge < -0.3 is 10.0 Å². The van der Waals surface area contributed by atoms with Crippen molar-refractivity contribution in [2.24, 2.45) is 0 Å². The van der Waals surface area contributed by atoms with Crippen molar-refractivity contribution in [2.75, 3.05) is 13.6 Å². The summed E-state index contributed by atoms with van der Waals surface area (Å²) in [6.45, 7) is 5.10. The zero-order valence-electron chi connectivity index (χ0n) is 10.6. The number of rotatable bonds is 3. The fraction of sp³-hybridized carbons (Fsp3) is 0.462. The molecule has 17 heavy (non-hydrogen) atoms. The Balaban J connectivity index is 2.85. The van der Waals surface area contributed by atoms with Crippen molar-refractivity contribution >= 4 is 5.91 Å². The third-order valence-corrected chi connectivity index (χ3v) is 2.38. The molecule has 3 nitrogen and oxygen atoms in total. The summed E-state index contributed by atoms with van der Waals surface area (Å²) in [5, 5.41) is 9.63. The average Bonchev–Trinajstić information content (AvgIpc) is 2.18. The summed E-state index contributed by atoms with van der Waals surface area (Å²) < 4.78 is 13.1. The second-order valence-corrected chi connectivity index (χ2v) is 4.94. The van der Waals surface area contributed by atoms with Gasteiger partial charge in [0.05, 0.1) is 5.60 Å². The van der Waals surface area contributed by atoms with Crippen LogP contribution in [0.3, 0.4) is 0 Å². The number of likely N-dealkylation sites (N-methyl/N-ethyl adjacent to an activating group) is 1. The second-order valence-electron chi connectivity index (χ2n) is 4.94. The molecule has 0 bridgehead atoms. The van der Waals surface area contributed by atoms with Crippen LogP contribution in [0.5, 0.6) is 0 Å². The summed E-state index contributed by atoms with van der Waals surface area (Å²) in [4.78, 5) is 13.4. The highest BCUT2D eigenvalue weighted by molar-refractivity contribution is 5.94. The summed E-state index contributed by atoms with van der Waals surface area (Å²) in [7, 11) is 1.61. The van der Waals surface area contributed by atoms with Gasteiger partial charge in [-0.2, -0.15) is 0 Å². The molecule has 0 saturated heterocycles. The maximum absolute atomic E-state index is 13.1. The highest BCUT2D eigenvalue weighted by atomic mass is 19.1. The minimum atomic E-state index is -0.945. The van der Waals surface area contributed by atoms with Crippen LogP contribution in [0.4, 0.5) is 4.39 Å². The van der Waals surface area contributed by atoms with E-state index in [1.165, 1.54) is 23.1 Å². The monoisotopic (exact) mass is 239 g/mol. The molecule has 4 heteroatoms. The molecular weight excluding hydrogens is 221 g/mol. The molecule has 0 aliphatic rings. The lowest BCUT2D eigenvalue weighted by atomic mass is 10.1. The SMILES string of the molecule is Cc1cc(C(=O)N(C)CC(C)(C)O)ccc1F. The van der Waals surface area contributed by atoms with Gasteiger partial charge in [-0.15, -0.1) is 0 Å². The lowest BCUT2D eigenvalue weighted by molar-refractivity contribution is 0.0368. The molecule has 1 aromatic rings. The minimum absolute atomic E-state index is 0.224. The van der Waals surface area contributed by atoms with Crippen molar-refractivity contribution in [3.63, 3.8) is 0 Å². The van der Waals surface area contributed by atoms with Gasteiger partial charge in [0, 0.05) is 19.2 Å². The quantitative estimate of drug-likeness (QED) is 0.876. The van der Waals surface area contributed by atoms with E-state index >= 15 is 0 Å². The van der Waals surface area contributed by atoms with Crippen molar-refractivity contribution in [1.29, 1.82) is 0 Å². The molecule has 0 atom stereocenters. The molecule has 1 rings (SSSR count). The van der Waals surface area contributed by atoms with E-state index in [9.17, 15) is 14.3 Å². The van der Waals surface area contributed by atoms with E-state index in [0.717, 1.165) is 0 Å². The van der Waals surface area contributed by atoms with Gasteiger partial charge in [0.1, 0.15) is 5.82 Å². The standard InChI is InChI=1S/C13H18FNO2/c1-9-7-10(5-6-11(9)14)12(16)15(4)8-13(2,3)17/h5-7,17H,8H2,1-4H3. The molecule has 0 aliphatic carbocycles. The molecule has 0 aliphatic heterocycles. The molecule has 0 unspecified atom stereocenters. The first-order valence-corrected chi connectivity index (χ1v) is 5.45. The molecule has 0 heterocycles. The van der Waals surface area contributed by atoms with E-state index in [-0.39, 0.29) is 18.3 Å². The topological polar surface area (TPSA) is 40.5 Å². The van der Waals surface area contributed by atoms with Crippen molar-refractivity contribution in [2.45, 2.75) is 26.4 Å². The van der Waals surface area contributed by atoms with Crippen LogP contribution < -0.4 is 0 Å². The Morgan fingerprint density at radius 2 is 2.06 bits per heavy atom. The molecule has 0 saturated carbocycles. The van der Waals surface area contributed by atoms with Gasteiger partial charge >= 0.3 is 0 Å². The summed E-state index contributed by atoms with van der Waals surface area (Å²) in [5.41, 5.74) is -0.0809. The van der Waals surface area contributed by atoms with Gasteiger partial charge in [-0.05, 0) is 44.5 Å². The molecule has 94 valence electrons. The number of hydrogen-bond donors (Lipinski definition) is 1. The van der Waals surface area contributed by atoms with Crippen LogP contribution in [-0.2, 0) is 0 Å². The van der Waals surface area contributed by atoms with Crippen molar-refractivity contribution in [3.8, 4) is 0 Å². The summed E-state index contributed by atoms with van der Waals surface area (Å²) in [6, 6.07) is 4.24. The molecule has 0 spiro atoms. The Hall–Kier alpha value is -1.42. The summed E-state index contributed by atoms with van der Waals surface area (Å²) >= 11 is 0. The number of aryl methyl sites for hydroxylation is 1. The molecule has 0 fully saturated rings. The van der Waals surface area contributed by atoms with Crippen LogP contribution in [0, 0.1) is 12.7 Å². The molecular formula is C13H18FNO2. The zero-order valence-corrected chi connectivity index (χ0v) is 10.6. The number of aliphatic hydroxyl groups is 1. The number of halogens is 1. The molecule has 1 amide bonds. The van der Waals surface area contributed by atoms with Crippen molar-refractivity contribution in [1.82, 2.24) is 4.90 Å². The lowest BCUT2D eigenvalue weighted by Crippen LogP contribution is -2.39. The van der Waals surface area contributed by atoms with E-state index in [4.69, 9.17) is 0 Å². The van der Waals surface area contributed by atoms with Gasteiger partial charge in [-0.1, -0.05) is 0 Å². The van der Waals surface area contributed by atoms with E-state index in [2.05, 4.69) is 0 Å². The van der Waals surface area contributed by atoms with E-state index in [1.54, 1.807) is 27.8 Å². The number of carbonyl (C=O) groups excluding carboxylic acids is 1. The lowest BCUT2D eigenvalue weighted by Gasteiger charge is -2.25. The zero-order chi connectivity index (χ0) is 13.2. The van der Waals surface area contributed by atoms with Crippen molar-refractivity contribution < 1.29 is 14.3 Å². The number of benzene rings is 1. The average molecular weight is 239 g/mol. The Morgan fingerprint density at radius 1 is 1.47 bits per heavy atom. The maximum atomic E-state index is 13.1. The van der Waals surface area contributed by atoms with Crippen LogP contribution in [0.1, 0.15) is 29.8 Å². The second kappa shape index (κ2) is 4.84. The van der Waals surface area contributed by atoms with Crippen LogP contribution >= 0.6 is 0 Å². The van der Waals surface area contributed by atoms with E-state index in [0.29, 0.717) is 11.1 Å². The number of carbonyl (C=O) groups is 1. The fourth-order valence-corrected chi connectivity index (χ4v) is 1.65. The van der Waals surface area contributed by atoms with Gasteiger partial charge in [0.15, 0.2) is 0 Å². The van der Waals surface area contributed by atoms with Crippen LogP contribution in [-0.4, -0.2) is 35.1 Å². The Morgan fingerprint density at radius 3 is 2.53 bits per heavy atom. The molecule has 0 aromatic heterocycles. The first-order valence-electron chi connectivity index (χ1n) is 5.45. The van der Waals surface area contributed by atoms with Crippen LogP contribution in [0.2, 0.25) is 0 Å². The fourth-order valence-electron chi connectivity index (χ4n) is 1.65. The van der Waals surface area contributed by atoms with E-state index in [1.807, 2.05) is 0 Å². The predicted octanol–water partition coefficient (Wildman–Crippen LogP) is 1.98. The Labute approximate surface area is 101 Å². The minimum Gasteiger partial charge on any atom is -0.389 e. The van der Waals surface area contributed by atoms with Crippen LogP contribution in [0.15, 0.2) is 18.2 Å². The Bertz CT molecular complexity index is 424. The third-order valence-electron chi connectivity index (χ3n) is 2.38. The number of nitrogens with zero attached hydrogens (tertiary/aromatic N) is 1. The normalized spacial score (nSPS) is 11.4. The van der Waals surface area contributed by atoms with Gasteiger partial charge in [0.25, 0.3) is 5.91 Å². The van der Waals surface area contributed by atoms with Gasteiger partial charge in [-0.3, -0.25) is 4.79 Å². The van der Waals surface area contributed by atoms with Crippen LogP contribution in [0.25, 0.3) is 0 Å². The van der Waals surface area contributed by atoms with Gasteiger partial charge in [-0.25, -0.2) is 4.39 Å². The maximum Gasteiger partial charge on any atom is 0.253 e. The highest BCUT2D eigenvalue weighted by Crippen LogP contribution is 2.12. The predicted molar refractivity (Wildman–Crippen MR) is 64.4 cm³/mol. The summed E-state index contributed by atoms with van der Waals surface area (Å²) in [5.74, 6) is -0.554. The molecule has 0 radical (unpaired) electrons. The third kappa shape index (κ3) is 3.82. The highest BCUT2D eigenvalue weighted by Gasteiger charge is 2.20. The first kappa shape index (κ1) is 13.6. The summed E-state index contributed by atoms with van der Waals surface area (Å²) in [6.07, 6.45) is 0. The molecule has 1 aromatic carbocycles. The van der Waals surface area contributed by atoms with E-state index < -0.39 is 5.60 Å². The first-order chi connectivity index (χ1) is 7.70. The smallest absolute Gasteiger partial charge is 0.253 e. The number of amides is 1. The van der Waals surface area contributed by atoms with Gasteiger partial charge in [0.2, 0.25) is 0 Å².